The van der Waals surface area contributed by atoms with Crippen LogP contribution >= 0.6 is 18.2 Å². The van der Waals surface area contributed by atoms with Crippen molar-refractivity contribution in [1.82, 2.24) is 0 Å². The highest BCUT2D eigenvalue weighted by molar-refractivity contribution is 8.54. The minimum atomic E-state index is -3.83. The predicted octanol–water partition coefficient (Wildman–Crippen LogP) is 0.551. The quantitative estimate of drug-likeness (QED) is 0.430. The molecule has 0 rings (SSSR count). The Bertz CT molecular complexity index is 126. The van der Waals surface area contributed by atoms with Crippen molar-refractivity contribution in [3.63, 3.8) is 0 Å². The maximum Gasteiger partial charge on any atom is 0.383 e. The van der Waals surface area contributed by atoms with Crippen LogP contribution in [0.25, 0.3) is 0 Å². The zero-order valence-electron chi connectivity index (χ0n) is 5.56. The molecule has 0 unspecified atom stereocenters. The lowest BCUT2D eigenvalue weighted by atomic mass is 10.3. The fourth-order valence-corrected chi connectivity index (χ4v) is 2.10. The second-order valence-corrected chi connectivity index (χ2v) is 5.67. The second kappa shape index (κ2) is 5.16. The van der Waals surface area contributed by atoms with Crippen LogP contribution in [0.2, 0.25) is 0 Å². The van der Waals surface area contributed by atoms with Crippen LogP contribution in [-0.2, 0) is 4.57 Å². The van der Waals surface area contributed by atoms with E-state index in [1.165, 1.54) is 0 Å². The highest BCUT2D eigenvalue weighted by Crippen LogP contribution is 2.50. The molecule has 62 valence electrons. The molecule has 0 aromatic heterocycles. The van der Waals surface area contributed by atoms with E-state index < -0.39 is 6.80 Å². The van der Waals surface area contributed by atoms with Gasteiger partial charge in [-0.1, -0.05) is 0 Å². The van der Waals surface area contributed by atoms with Gasteiger partial charge in [-0.3, -0.25) is 0 Å². The lowest BCUT2D eigenvalue weighted by Gasteiger charge is -2.00. The van der Waals surface area contributed by atoms with E-state index in [0.717, 1.165) is 12.8 Å². The Morgan fingerprint density at radius 1 is 1.40 bits per heavy atom. The van der Waals surface area contributed by atoms with Gasteiger partial charge in [0.25, 0.3) is 0 Å². The number of hydrogen-bond donors (Lipinski definition) is 3. The summed E-state index contributed by atoms with van der Waals surface area (Å²) in [6, 6.07) is 0. The Morgan fingerprint density at radius 2 is 2.00 bits per heavy atom. The maximum atomic E-state index is 10.2. The van der Waals surface area contributed by atoms with E-state index >= 15 is 0 Å². The summed E-state index contributed by atoms with van der Waals surface area (Å²) >= 11 is 0.685. The van der Waals surface area contributed by atoms with E-state index in [1.54, 1.807) is 0 Å². The molecule has 0 spiro atoms. The summed E-state index contributed by atoms with van der Waals surface area (Å²) in [5.74, 6) is 0.488. The van der Waals surface area contributed by atoms with Gasteiger partial charge >= 0.3 is 6.80 Å². The van der Waals surface area contributed by atoms with Crippen LogP contribution in [0.15, 0.2) is 0 Å². The lowest BCUT2D eigenvalue weighted by molar-refractivity contribution is 0.397. The van der Waals surface area contributed by atoms with Gasteiger partial charge in [0.15, 0.2) is 0 Å². The van der Waals surface area contributed by atoms with Gasteiger partial charge in [0.1, 0.15) is 0 Å². The van der Waals surface area contributed by atoms with Gasteiger partial charge in [-0.2, -0.15) is 0 Å². The minimum Gasteiger partial charge on any atom is -0.330 e. The van der Waals surface area contributed by atoms with E-state index in [9.17, 15) is 4.57 Å². The van der Waals surface area contributed by atoms with Crippen LogP contribution in [0.3, 0.4) is 0 Å². The Hall–Kier alpha value is 0.460. The number of unbranched alkanes of at least 4 members (excludes halogenated alkanes) is 1. The second-order valence-electron chi connectivity index (χ2n) is 1.82. The first-order chi connectivity index (χ1) is 4.56. The van der Waals surface area contributed by atoms with E-state index in [-0.39, 0.29) is 0 Å². The first-order valence-corrected chi connectivity index (χ1v) is 6.17. The molecule has 6 heteroatoms. The zero-order valence-corrected chi connectivity index (χ0v) is 7.27. The Labute approximate surface area is 64.1 Å². The Kier molecular flexibility index (Phi) is 5.39. The summed E-state index contributed by atoms with van der Waals surface area (Å²) in [7, 11) is 0. The highest BCUT2D eigenvalue weighted by Gasteiger charge is 2.11. The molecule has 0 atom stereocenters. The molecule has 4 N–H and O–H groups in total. The summed E-state index contributed by atoms with van der Waals surface area (Å²) in [6.45, 7) is -3.25. The summed E-state index contributed by atoms with van der Waals surface area (Å²) in [6.07, 6.45) is 1.60. The minimum absolute atomic E-state index is 0.488. The van der Waals surface area contributed by atoms with Crippen LogP contribution in [0.4, 0.5) is 0 Å². The van der Waals surface area contributed by atoms with Crippen LogP contribution in [0, 0.1) is 0 Å². The van der Waals surface area contributed by atoms with Gasteiger partial charge in [0.2, 0.25) is 0 Å². The average molecular weight is 185 g/mol. The molecule has 0 aliphatic carbocycles. The molecule has 0 saturated heterocycles. The third kappa shape index (κ3) is 8.46. The molecule has 0 aliphatic heterocycles. The number of rotatable bonds is 5. The molecule has 10 heavy (non-hydrogen) atoms. The fraction of sp³-hybridized carbons (Fsp3) is 1.00. The normalized spacial score (nSPS) is 11.9. The largest absolute Gasteiger partial charge is 0.383 e. The molecule has 0 amide bonds. The molecular formula is C4H12NO3PS. The van der Waals surface area contributed by atoms with Gasteiger partial charge < -0.3 is 15.5 Å². The third-order valence-corrected chi connectivity index (χ3v) is 3.22. The maximum absolute atomic E-state index is 10.2. The third-order valence-electron chi connectivity index (χ3n) is 0.858. The van der Waals surface area contributed by atoms with E-state index in [2.05, 4.69) is 0 Å². The summed E-state index contributed by atoms with van der Waals surface area (Å²) in [5.41, 5.74) is 5.18. The van der Waals surface area contributed by atoms with Crippen molar-refractivity contribution in [2.24, 2.45) is 5.73 Å². The van der Waals surface area contributed by atoms with Crippen molar-refractivity contribution >= 4 is 18.2 Å². The van der Waals surface area contributed by atoms with Crippen molar-refractivity contribution in [2.45, 2.75) is 12.8 Å². The van der Waals surface area contributed by atoms with E-state index in [4.69, 9.17) is 15.5 Å². The van der Waals surface area contributed by atoms with Gasteiger partial charge in [0.05, 0.1) is 0 Å². The van der Waals surface area contributed by atoms with Gasteiger partial charge in [0, 0.05) is 5.75 Å². The molecule has 0 aromatic carbocycles. The fourth-order valence-electron chi connectivity index (χ4n) is 0.430. The molecule has 0 fully saturated rings. The smallest absolute Gasteiger partial charge is 0.330 e. The predicted molar refractivity (Wildman–Crippen MR) is 42.8 cm³/mol. The summed E-state index contributed by atoms with van der Waals surface area (Å²) in [5, 5.41) is 0. The monoisotopic (exact) mass is 185 g/mol. The molecule has 0 bridgehead atoms. The molecule has 0 aliphatic rings. The van der Waals surface area contributed by atoms with Gasteiger partial charge in [-0.05, 0) is 30.8 Å². The van der Waals surface area contributed by atoms with Crippen molar-refractivity contribution in [2.75, 3.05) is 12.3 Å². The SMILES string of the molecule is NCCCCSP(=O)(O)O. The molecule has 0 heterocycles. The molecular weight excluding hydrogens is 173 g/mol. The highest BCUT2D eigenvalue weighted by atomic mass is 32.7. The van der Waals surface area contributed by atoms with Crippen LogP contribution in [0.1, 0.15) is 12.8 Å². The average Bonchev–Trinajstić information content (AvgIpc) is 1.78. The van der Waals surface area contributed by atoms with Gasteiger partial charge in [-0.25, -0.2) is 4.57 Å². The number of nitrogens with two attached hydrogens (primary N) is 1. The summed E-state index contributed by atoms with van der Waals surface area (Å²) in [4.78, 5) is 16.7. The molecule has 4 nitrogen and oxygen atoms in total. The van der Waals surface area contributed by atoms with Crippen LogP contribution in [-0.4, -0.2) is 22.1 Å². The van der Waals surface area contributed by atoms with Crippen molar-refractivity contribution in [3.8, 4) is 0 Å². The van der Waals surface area contributed by atoms with Gasteiger partial charge in [-0.15, -0.1) is 0 Å². The van der Waals surface area contributed by atoms with Crippen molar-refractivity contribution < 1.29 is 14.4 Å². The first kappa shape index (κ1) is 10.5. The summed E-state index contributed by atoms with van der Waals surface area (Å²) < 4.78 is 10.2. The van der Waals surface area contributed by atoms with Crippen molar-refractivity contribution in [3.05, 3.63) is 0 Å². The molecule has 0 saturated carbocycles. The Balaban J connectivity index is 3.13. The Morgan fingerprint density at radius 3 is 2.40 bits per heavy atom. The molecule has 0 aromatic rings. The van der Waals surface area contributed by atoms with Crippen LogP contribution in [0.5, 0.6) is 0 Å². The van der Waals surface area contributed by atoms with E-state index in [0.29, 0.717) is 23.7 Å². The van der Waals surface area contributed by atoms with Crippen molar-refractivity contribution in [1.29, 1.82) is 0 Å². The zero-order chi connectivity index (χ0) is 8.04. The first-order valence-electron chi connectivity index (χ1n) is 2.96. The van der Waals surface area contributed by atoms with Crippen LogP contribution < -0.4 is 5.73 Å². The van der Waals surface area contributed by atoms with E-state index in [1.807, 2.05) is 0 Å². The standard InChI is InChI=1S/C4H12NO3PS/c5-3-1-2-4-10-9(6,7)8/h1-5H2,(H2,6,7,8). The topological polar surface area (TPSA) is 83.6 Å². The number of hydrogen-bond acceptors (Lipinski definition) is 3. The molecule has 0 radical (unpaired) electrons. The lowest BCUT2D eigenvalue weighted by Crippen LogP contribution is -1.98.